The molecule has 0 amide bonds. The van der Waals surface area contributed by atoms with Crippen LogP contribution in [0.25, 0.3) is 0 Å². The molecule has 1 aromatic carbocycles. The van der Waals surface area contributed by atoms with Crippen LogP contribution in [0.15, 0.2) is 30.5 Å². The molecule has 2 nitrogen and oxygen atoms in total. The van der Waals surface area contributed by atoms with E-state index in [0.29, 0.717) is 25.8 Å². The average Bonchev–Trinajstić information content (AvgIpc) is 2.44. The van der Waals surface area contributed by atoms with Gasteiger partial charge in [0, 0.05) is 16.2 Å². The smallest absolute Gasteiger partial charge is 0.0806 e. The number of pyridine rings is 1. The largest absolute Gasteiger partial charge is 0.305 e. The summed E-state index contributed by atoms with van der Waals surface area (Å²) >= 11 is 24.6. The molecule has 0 saturated heterocycles. The lowest BCUT2D eigenvalue weighted by Gasteiger charge is -2.21. The van der Waals surface area contributed by atoms with Crippen molar-refractivity contribution in [2.45, 2.75) is 19.4 Å². The van der Waals surface area contributed by atoms with Gasteiger partial charge in [0.25, 0.3) is 0 Å². The van der Waals surface area contributed by atoms with Gasteiger partial charge in [0.1, 0.15) is 0 Å². The fraction of sp³-hybridized carbons (Fsp3) is 0.267. The molecule has 1 heterocycles. The Labute approximate surface area is 144 Å². The van der Waals surface area contributed by atoms with E-state index in [2.05, 4.69) is 17.2 Å². The molecule has 1 N–H and O–H groups in total. The zero-order valence-electron chi connectivity index (χ0n) is 11.3. The average molecular weight is 364 g/mol. The molecule has 2 rings (SSSR count). The van der Waals surface area contributed by atoms with Gasteiger partial charge in [0.05, 0.1) is 21.8 Å². The standard InChI is InChI=1S/C15H14Cl4N2/c1-2-5-20-14(11-6-9(16)3-4-12(11)18)15-13(19)7-10(17)8-21-15/h3-4,6-8,14,20H,2,5H2,1H3. The second-order valence-corrected chi connectivity index (χ2v) is 6.26. The van der Waals surface area contributed by atoms with Crippen LogP contribution in [0.4, 0.5) is 0 Å². The first-order chi connectivity index (χ1) is 10.0. The van der Waals surface area contributed by atoms with Crippen LogP contribution in [0, 0.1) is 0 Å². The molecular formula is C15H14Cl4N2. The van der Waals surface area contributed by atoms with Gasteiger partial charge in [-0.2, -0.15) is 0 Å². The van der Waals surface area contributed by atoms with Crippen LogP contribution in [-0.2, 0) is 0 Å². The molecule has 2 aromatic rings. The van der Waals surface area contributed by atoms with E-state index in [1.807, 2.05) is 6.07 Å². The number of rotatable bonds is 5. The van der Waals surface area contributed by atoms with E-state index in [9.17, 15) is 0 Å². The van der Waals surface area contributed by atoms with Crippen molar-refractivity contribution in [1.29, 1.82) is 0 Å². The Bertz CT molecular complexity index is 631. The summed E-state index contributed by atoms with van der Waals surface area (Å²) in [5, 5.41) is 5.61. The Morgan fingerprint density at radius 1 is 1.05 bits per heavy atom. The van der Waals surface area contributed by atoms with Gasteiger partial charge < -0.3 is 5.32 Å². The summed E-state index contributed by atoms with van der Waals surface area (Å²) in [6.45, 7) is 2.88. The normalized spacial score (nSPS) is 12.4. The number of aromatic nitrogens is 1. The third kappa shape index (κ3) is 4.24. The van der Waals surface area contributed by atoms with Crippen molar-refractivity contribution in [2.75, 3.05) is 6.54 Å². The Morgan fingerprint density at radius 3 is 2.48 bits per heavy atom. The summed E-state index contributed by atoms with van der Waals surface area (Å²) in [6.07, 6.45) is 2.54. The van der Waals surface area contributed by atoms with Gasteiger partial charge in [0.2, 0.25) is 0 Å². The Morgan fingerprint density at radius 2 is 1.81 bits per heavy atom. The molecule has 1 unspecified atom stereocenters. The van der Waals surface area contributed by atoms with Crippen LogP contribution in [-0.4, -0.2) is 11.5 Å². The SMILES string of the molecule is CCCNC(c1cc(Cl)ccc1Cl)c1ncc(Cl)cc1Cl. The molecular weight excluding hydrogens is 350 g/mol. The first-order valence-electron chi connectivity index (χ1n) is 6.52. The predicted molar refractivity (Wildman–Crippen MR) is 90.9 cm³/mol. The van der Waals surface area contributed by atoms with Crippen LogP contribution in [0.2, 0.25) is 20.1 Å². The van der Waals surface area contributed by atoms with E-state index in [1.54, 1.807) is 24.4 Å². The molecule has 0 saturated carbocycles. The molecule has 0 aliphatic rings. The molecule has 0 spiro atoms. The lowest BCUT2D eigenvalue weighted by Crippen LogP contribution is -2.24. The zero-order valence-corrected chi connectivity index (χ0v) is 14.4. The molecule has 0 radical (unpaired) electrons. The van der Waals surface area contributed by atoms with Crippen molar-refractivity contribution < 1.29 is 0 Å². The van der Waals surface area contributed by atoms with Crippen molar-refractivity contribution in [3.63, 3.8) is 0 Å². The van der Waals surface area contributed by atoms with Crippen LogP contribution < -0.4 is 5.32 Å². The quantitative estimate of drug-likeness (QED) is 0.727. The third-order valence-corrected chi connectivity index (χ3v) is 4.07. The first-order valence-corrected chi connectivity index (χ1v) is 8.03. The maximum atomic E-state index is 6.31. The van der Waals surface area contributed by atoms with E-state index in [0.717, 1.165) is 18.5 Å². The van der Waals surface area contributed by atoms with E-state index >= 15 is 0 Å². The van der Waals surface area contributed by atoms with Gasteiger partial charge in [0.15, 0.2) is 0 Å². The lowest BCUT2D eigenvalue weighted by atomic mass is 10.0. The van der Waals surface area contributed by atoms with Crippen LogP contribution >= 0.6 is 46.4 Å². The fourth-order valence-corrected chi connectivity index (χ4v) is 2.91. The number of benzene rings is 1. The highest BCUT2D eigenvalue weighted by molar-refractivity contribution is 6.35. The van der Waals surface area contributed by atoms with Gasteiger partial charge in [-0.15, -0.1) is 0 Å². The number of halogens is 4. The molecule has 6 heteroatoms. The second-order valence-electron chi connectivity index (χ2n) is 4.57. The summed E-state index contributed by atoms with van der Waals surface area (Å²) in [4.78, 5) is 4.35. The van der Waals surface area contributed by atoms with Crippen LogP contribution in [0.5, 0.6) is 0 Å². The van der Waals surface area contributed by atoms with E-state index in [4.69, 9.17) is 46.4 Å². The fourth-order valence-electron chi connectivity index (χ4n) is 2.02. The molecule has 112 valence electrons. The summed E-state index contributed by atoms with van der Waals surface area (Å²) in [5.74, 6) is 0. The van der Waals surface area contributed by atoms with Crippen LogP contribution in [0.3, 0.4) is 0 Å². The van der Waals surface area contributed by atoms with Crippen molar-refractivity contribution in [1.82, 2.24) is 10.3 Å². The maximum Gasteiger partial charge on any atom is 0.0806 e. The van der Waals surface area contributed by atoms with E-state index < -0.39 is 0 Å². The van der Waals surface area contributed by atoms with Crippen molar-refractivity contribution in [3.05, 3.63) is 61.8 Å². The molecule has 1 aromatic heterocycles. The monoisotopic (exact) mass is 362 g/mol. The number of nitrogens with zero attached hydrogens (tertiary/aromatic N) is 1. The van der Waals surface area contributed by atoms with E-state index in [-0.39, 0.29) is 6.04 Å². The van der Waals surface area contributed by atoms with Crippen LogP contribution in [0.1, 0.15) is 30.6 Å². The van der Waals surface area contributed by atoms with Gasteiger partial charge >= 0.3 is 0 Å². The van der Waals surface area contributed by atoms with Gasteiger partial charge in [-0.05, 0) is 42.8 Å². The topological polar surface area (TPSA) is 24.9 Å². The van der Waals surface area contributed by atoms with Crippen molar-refractivity contribution >= 4 is 46.4 Å². The summed E-state index contributed by atoms with van der Waals surface area (Å²) < 4.78 is 0. The Kier molecular flexibility index (Phi) is 6.15. The molecule has 0 aliphatic carbocycles. The molecule has 0 fully saturated rings. The van der Waals surface area contributed by atoms with Gasteiger partial charge in [-0.3, -0.25) is 4.98 Å². The number of nitrogens with one attached hydrogen (secondary N) is 1. The highest BCUT2D eigenvalue weighted by Crippen LogP contribution is 2.33. The molecule has 0 aliphatic heterocycles. The number of hydrogen-bond donors (Lipinski definition) is 1. The second kappa shape index (κ2) is 7.66. The minimum Gasteiger partial charge on any atom is -0.305 e. The molecule has 21 heavy (non-hydrogen) atoms. The summed E-state index contributed by atoms with van der Waals surface area (Å²) in [7, 11) is 0. The predicted octanol–water partition coefficient (Wildman–Crippen LogP) is 5.78. The highest BCUT2D eigenvalue weighted by atomic mass is 35.5. The minimum atomic E-state index is -0.235. The van der Waals surface area contributed by atoms with Crippen molar-refractivity contribution in [2.24, 2.45) is 0 Å². The maximum absolute atomic E-state index is 6.31. The summed E-state index contributed by atoms with van der Waals surface area (Å²) in [5.41, 5.74) is 1.52. The van der Waals surface area contributed by atoms with E-state index in [1.165, 1.54) is 0 Å². The highest BCUT2D eigenvalue weighted by Gasteiger charge is 2.21. The Hall–Kier alpha value is -0.510. The zero-order chi connectivity index (χ0) is 15.4. The molecule has 0 bridgehead atoms. The minimum absolute atomic E-state index is 0.235. The lowest BCUT2D eigenvalue weighted by molar-refractivity contribution is 0.587. The first kappa shape index (κ1) is 16.9. The third-order valence-electron chi connectivity index (χ3n) is 2.98. The van der Waals surface area contributed by atoms with Gasteiger partial charge in [-0.1, -0.05) is 53.3 Å². The summed E-state index contributed by atoms with van der Waals surface area (Å²) in [6, 6.07) is 6.78. The van der Waals surface area contributed by atoms with Gasteiger partial charge in [-0.25, -0.2) is 0 Å². The van der Waals surface area contributed by atoms with Crippen molar-refractivity contribution in [3.8, 4) is 0 Å². The Balaban J connectivity index is 2.49. The molecule has 1 atom stereocenters. The number of hydrogen-bond acceptors (Lipinski definition) is 2.